The summed E-state index contributed by atoms with van der Waals surface area (Å²) in [7, 11) is -4.27. The van der Waals surface area contributed by atoms with Crippen molar-refractivity contribution in [3.05, 3.63) is 92.9 Å². The Bertz CT molecular complexity index is 1430. The molecule has 39 heavy (non-hydrogen) atoms. The van der Waals surface area contributed by atoms with Crippen LogP contribution in [0, 0.1) is 6.92 Å². The number of rotatable bonds is 11. The molecule has 0 aliphatic carbocycles. The van der Waals surface area contributed by atoms with E-state index in [1.165, 1.54) is 29.2 Å². The van der Waals surface area contributed by atoms with E-state index in [2.05, 4.69) is 5.32 Å². The van der Waals surface area contributed by atoms with Crippen molar-refractivity contribution < 1.29 is 18.0 Å². The molecule has 3 rings (SSSR count). The summed E-state index contributed by atoms with van der Waals surface area (Å²) in [5.41, 5.74) is 1.53. The first-order valence-electron chi connectivity index (χ1n) is 12.3. The monoisotopic (exact) mass is 609 g/mol. The maximum atomic E-state index is 14.0. The lowest BCUT2D eigenvalue weighted by atomic mass is 10.1. The van der Waals surface area contributed by atoms with E-state index in [0.717, 1.165) is 9.87 Å². The van der Waals surface area contributed by atoms with Gasteiger partial charge in [0.25, 0.3) is 10.0 Å². The molecule has 0 spiro atoms. The fourth-order valence-corrected chi connectivity index (χ4v) is 6.13. The molecule has 2 amide bonds. The molecule has 3 aromatic carbocycles. The molecule has 7 nitrogen and oxygen atoms in total. The third-order valence-electron chi connectivity index (χ3n) is 6.12. The Labute approximate surface area is 244 Å². The number of sulfonamides is 1. The minimum absolute atomic E-state index is 0.00412. The van der Waals surface area contributed by atoms with Crippen molar-refractivity contribution in [2.24, 2.45) is 0 Å². The molecule has 0 unspecified atom stereocenters. The van der Waals surface area contributed by atoms with Gasteiger partial charge < -0.3 is 10.2 Å². The zero-order valence-corrected chi connectivity index (χ0v) is 24.9. The summed E-state index contributed by atoms with van der Waals surface area (Å²) in [5, 5.41) is 3.29. The highest BCUT2D eigenvalue weighted by Gasteiger charge is 2.34. The Morgan fingerprint density at radius 2 is 1.54 bits per heavy atom. The number of hydrogen-bond donors (Lipinski definition) is 1. The Balaban J connectivity index is 2.12. The zero-order valence-electron chi connectivity index (χ0n) is 21.8. The van der Waals surface area contributed by atoms with E-state index in [4.69, 9.17) is 34.8 Å². The van der Waals surface area contributed by atoms with E-state index < -0.39 is 28.5 Å². The molecular weight excluding hydrogens is 581 g/mol. The molecule has 0 aliphatic rings. The summed E-state index contributed by atoms with van der Waals surface area (Å²) < 4.78 is 28.7. The fraction of sp³-hybridized carbons (Fsp3) is 0.286. The van der Waals surface area contributed by atoms with Crippen LogP contribution in [-0.2, 0) is 26.2 Å². The normalized spacial score (nSPS) is 12.1. The van der Waals surface area contributed by atoms with Crippen molar-refractivity contribution in [3.8, 4) is 0 Å². The topological polar surface area (TPSA) is 86.8 Å². The van der Waals surface area contributed by atoms with Gasteiger partial charge in [0.05, 0.1) is 20.6 Å². The number of carbonyl (C=O) groups excluding carboxylic acids is 2. The summed E-state index contributed by atoms with van der Waals surface area (Å²) in [6, 6.07) is 16.9. The van der Waals surface area contributed by atoms with Crippen molar-refractivity contribution in [1.29, 1.82) is 0 Å². The van der Waals surface area contributed by atoms with Gasteiger partial charge in [0.15, 0.2) is 0 Å². The molecule has 11 heteroatoms. The number of halogens is 3. The number of nitrogens with zero attached hydrogens (tertiary/aromatic N) is 2. The minimum Gasteiger partial charge on any atom is -0.355 e. The standard InChI is InChI=1S/C28H30Cl3N3O4S/c1-4-24(28(36)32-5-2)33(17-20-9-6-7-10-22(20)29)26(35)18-34(25-12-8-11-23(30)27(25)31)39(37,38)21-15-13-19(3)14-16-21/h6-16,24H,4-5,17-18H2,1-3H3,(H,32,36)/t24-/m0/s1. The van der Waals surface area contributed by atoms with Crippen LogP contribution in [0.3, 0.4) is 0 Å². The number of aryl methyl sites for hydroxylation is 1. The van der Waals surface area contributed by atoms with Gasteiger partial charge in [-0.2, -0.15) is 0 Å². The summed E-state index contributed by atoms with van der Waals surface area (Å²) in [6.07, 6.45) is 0.296. The summed E-state index contributed by atoms with van der Waals surface area (Å²) >= 11 is 19.1. The molecule has 0 aromatic heterocycles. The number of anilines is 1. The van der Waals surface area contributed by atoms with Crippen molar-refractivity contribution >= 4 is 62.3 Å². The minimum atomic E-state index is -4.27. The van der Waals surface area contributed by atoms with Crippen LogP contribution >= 0.6 is 34.8 Å². The van der Waals surface area contributed by atoms with E-state index in [1.54, 1.807) is 56.3 Å². The predicted molar refractivity (Wildman–Crippen MR) is 157 cm³/mol. The second-order valence-electron chi connectivity index (χ2n) is 8.83. The van der Waals surface area contributed by atoms with Crippen LogP contribution in [0.2, 0.25) is 15.1 Å². The zero-order chi connectivity index (χ0) is 28.7. The van der Waals surface area contributed by atoms with E-state index in [1.807, 2.05) is 6.92 Å². The van der Waals surface area contributed by atoms with Crippen LogP contribution in [0.15, 0.2) is 71.6 Å². The molecule has 0 heterocycles. The molecule has 0 saturated heterocycles. The number of hydrogen-bond acceptors (Lipinski definition) is 4. The molecular formula is C28H30Cl3N3O4S. The Morgan fingerprint density at radius 1 is 0.897 bits per heavy atom. The van der Waals surface area contributed by atoms with Gasteiger partial charge in [0.2, 0.25) is 11.8 Å². The largest absolute Gasteiger partial charge is 0.355 e. The van der Waals surface area contributed by atoms with E-state index >= 15 is 0 Å². The number of nitrogens with one attached hydrogen (secondary N) is 1. The highest BCUT2D eigenvalue weighted by Crippen LogP contribution is 2.35. The number of amides is 2. The molecule has 0 aliphatic heterocycles. The second kappa shape index (κ2) is 13.5. The average molecular weight is 611 g/mol. The van der Waals surface area contributed by atoms with Gasteiger partial charge in [-0.25, -0.2) is 8.42 Å². The fourth-order valence-electron chi connectivity index (χ4n) is 4.06. The quantitative estimate of drug-likeness (QED) is 0.285. The molecule has 0 bridgehead atoms. The Hall–Kier alpha value is -2.78. The molecule has 1 atom stereocenters. The average Bonchev–Trinajstić information content (AvgIpc) is 2.90. The summed E-state index contributed by atoms with van der Waals surface area (Å²) in [6.45, 7) is 5.13. The van der Waals surface area contributed by atoms with Gasteiger partial charge in [-0.15, -0.1) is 0 Å². The van der Waals surface area contributed by atoms with Crippen LogP contribution in [0.25, 0.3) is 0 Å². The summed E-state index contributed by atoms with van der Waals surface area (Å²) in [5.74, 6) is -0.964. The van der Waals surface area contributed by atoms with E-state index in [9.17, 15) is 18.0 Å². The molecule has 0 saturated carbocycles. The first-order valence-corrected chi connectivity index (χ1v) is 14.9. The van der Waals surface area contributed by atoms with Crippen molar-refractivity contribution in [2.75, 3.05) is 17.4 Å². The van der Waals surface area contributed by atoms with E-state index in [0.29, 0.717) is 23.6 Å². The highest BCUT2D eigenvalue weighted by atomic mass is 35.5. The Morgan fingerprint density at radius 3 is 2.15 bits per heavy atom. The number of carbonyl (C=O) groups is 2. The lowest BCUT2D eigenvalue weighted by molar-refractivity contribution is -0.140. The lowest BCUT2D eigenvalue weighted by Gasteiger charge is -2.33. The maximum absolute atomic E-state index is 14.0. The first-order chi connectivity index (χ1) is 18.5. The van der Waals surface area contributed by atoms with Crippen molar-refractivity contribution in [2.45, 2.75) is 44.7 Å². The Kier molecular flexibility index (Phi) is 10.7. The van der Waals surface area contributed by atoms with Gasteiger partial charge in [0, 0.05) is 18.1 Å². The maximum Gasteiger partial charge on any atom is 0.264 e. The van der Waals surface area contributed by atoms with Crippen molar-refractivity contribution in [1.82, 2.24) is 10.2 Å². The van der Waals surface area contributed by atoms with Crippen LogP contribution in [0.1, 0.15) is 31.4 Å². The molecule has 3 aromatic rings. The van der Waals surface area contributed by atoms with Crippen molar-refractivity contribution in [3.63, 3.8) is 0 Å². The third kappa shape index (κ3) is 7.25. The highest BCUT2D eigenvalue weighted by molar-refractivity contribution is 7.92. The van der Waals surface area contributed by atoms with Crippen LogP contribution in [-0.4, -0.2) is 44.3 Å². The number of benzene rings is 3. The third-order valence-corrected chi connectivity index (χ3v) is 9.07. The van der Waals surface area contributed by atoms with Crippen LogP contribution < -0.4 is 9.62 Å². The first kappa shape index (κ1) is 30.8. The number of likely N-dealkylation sites (N-methyl/N-ethyl adjacent to an activating group) is 1. The van der Waals surface area contributed by atoms with Gasteiger partial charge in [0.1, 0.15) is 12.6 Å². The predicted octanol–water partition coefficient (Wildman–Crippen LogP) is 6.09. The molecule has 0 fully saturated rings. The van der Waals surface area contributed by atoms with Gasteiger partial charge >= 0.3 is 0 Å². The second-order valence-corrected chi connectivity index (χ2v) is 11.9. The van der Waals surface area contributed by atoms with Gasteiger partial charge in [-0.3, -0.25) is 13.9 Å². The van der Waals surface area contributed by atoms with Gasteiger partial charge in [-0.1, -0.05) is 83.7 Å². The van der Waals surface area contributed by atoms with Crippen LogP contribution in [0.5, 0.6) is 0 Å². The van der Waals surface area contributed by atoms with Gasteiger partial charge in [-0.05, 0) is 56.2 Å². The smallest absolute Gasteiger partial charge is 0.264 e. The molecule has 0 radical (unpaired) electrons. The SMILES string of the molecule is CCNC(=O)[C@H](CC)N(Cc1ccccc1Cl)C(=O)CN(c1cccc(Cl)c1Cl)S(=O)(=O)c1ccc(C)cc1. The molecule has 1 N–H and O–H groups in total. The summed E-state index contributed by atoms with van der Waals surface area (Å²) in [4.78, 5) is 28.3. The van der Waals surface area contributed by atoms with Crippen LogP contribution in [0.4, 0.5) is 5.69 Å². The molecule has 208 valence electrons. The van der Waals surface area contributed by atoms with E-state index in [-0.39, 0.29) is 33.1 Å². The lowest BCUT2D eigenvalue weighted by Crippen LogP contribution is -2.52.